The van der Waals surface area contributed by atoms with E-state index in [1.807, 2.05) is 6.92 Å². The molecule has 0 radical (unpaired) electrons. The summed E-state index contributed by atoms with van der Waals surface area (Å²) in [6.07, 6.45) is 1.10. The van der Waals surface area contributed by atoms with Crippen LogP contribution in [-0.4, -0.2) is 5.91 Å². The van der Waals surface area contributed by atoms with Crippen LogP contribution in [0.5, 0.6) is 0 Å². The van der Waals surface area contributed by atoms with Crippen molar-refractivity contribution < 1.29 is 9.18 Å². The molecule has 1 aromatic rings. The van der Waals surface area contributed by atoms with Gasteiger partial charge in [-0.3, -0.25) is 4.79 Å². The quantitative estimate of drug-likeness (QED) is 0.648. The van der Waals surface area contributed by atoms with Gasteiger partial charge in [-0.2, -0.15) is 0 Å². The number of benzene rings is 1. The first-order valence-corrected chi connectivity index (χ1v) is 4.26. The van der Waals surface area contributed by atoms with Gasteiger partial charge in [0.15, 0.2) is 0 Å². The number of fused-ring (bicyclic) bond motifs is 1. The van der Waals surface area contributed by atoms with Crippen LogP contribution in [0.25, 0.3) is 0 Å². The second-order valence-corrected chi connectivity index (χ2v) is 3.27. The lowest BCUT2D eigenvalue weighted by atomic mass is 9.98. The minimum Gasteiger partial charge on any atom is -0.323 e. The van der Waals surface area contributed by atoms with Crippen LogP contribution in [0, 0.1) is 12.7 Å². The Kier molecular flexibility index (Phi) is 1.79. The topological polar surface area (TPSA) is 29.1 Å². The first-order valence-electron chi connectivity index (χ1n) is 4.26. The molecule has 13 heavy (non-hydrogen) atoms. The minimum atomic E-state index is -0.339. The van der Waals surface area contributed by atoms with Crippen molar-refractivity contribution in [1.82, 2.24) is 0 Å². The maximum absolute atomic E-state index is 13.2. The van der Waals surface area contributed by atoms with Crippen molar-refractivity contribution in [1.29, 1.82) is 0 Å². The Balaban J connectivity index is 2.57. The summed E-state index contributed by atoms with van der Waals surface area (Å²) in [4.78, 5) is 11.0. The predicted octanol–water partition coefficient (Wildman–Crippen LogP) is 2.02. The molecule has 2 nitrogen and oxygen atoms in total. The number of halogens is 1. The standard InChI is InChI=1S/C10H10FNO/c1-6-2-4-8(11)10-7(6)3-5-9(13)12-10/h2,4H,3,5H2,1H3,(H,12,13). The first-order chi connectivity index (χ1) is 6.18. The molecule has 0 aliphatic carbocycles. The average Bonchev–Trinajstić information content (AvgIpc) is 2.12. The van der Waals surface area contributed by atoms with Gasteiger partial charge in [-0.25, -0.2) is 4.39 Å². The molecule has 2 rings (SSSR count). The molecule has 1 heterocycles. The van der Waals surface area contributed by atoms with Gasteiger partial charge < -0.3 is 5.32 Å². The highest BCUT2D eigenvalue weighted by molar-refractivity contribution is 5.94. The van der Waals surface area contributed by atoms with Crippen molar-refractivity contribution in [3.63, 3.8) is 0 Å². The van der Waals surface area contributed by atoms with Gasteiger partial charge in [-0.1, -0.05) is 6.07 Å². The summed E-state index contributed by atoms with van der Waals surface area (Å²) in [5, 5.41) is 2.56. The van der Waals surface area contributed by atoms with Crippen LogP contribution in [0.4, 0.5) is 10.1 Å². The van der Waals surface area contributed by atoms with E-state index >= 15 is 0 Å². The van der Waals surface area contributed by atoms with Crippen LogP contribution in [0.15, 0.2) is 12.1 Å². The lowest BCUT2D eigenvalue weighted by Crippen LogP contribution is -2.20. The number of carbonyl (C=O) groups excluding carboxylic acids is 1. The average molecular weight is 179 g/mol. The molecule has 68 valence electrons. The zero-order valence-electron chi connectivity index (χ0n) is 7.36. The number of hydrogen-bond donors (Lipinski definition) is 1. The van der Waals surface area contributed by atoms with Crippen LogP contribution >= 0.6 is 0 Å². The van der Waals surface area contributed by atoms with Gasteiger partial charge in [-0.15, -0.1) is 0 Å². The number of aryl methyl sites for hydroxylation is 1. The molecule has 1 aliphatic heterocycles. The number of rotatable bonds is 0. The molecule has 0 unspecified atom stereocenters. The van der Waals surface area contributed by atoms with Gasteiger partial charge in [-0.05, 0) is 30.5 Å². The lowest BCUT2D eigenvalue weighted by molar-refractivity contribution is -0.116. The van der Waals surface area contributed by atoms with Gasteiger partial charge in [0.25, 0.3) is 0 Å². The summed E-state index contributed by atoms with van der Waals surface area (Å²) in [6, 6.07) is 3.13. The third kappa shape index (κ3) is 1.30. The Bertz CT molecular complexity index is 373. The smallest absolute Gasteiger partial charge is 0.224 e. The Morgan fingerprint density at radius 1 is 1.38 bits per heavy atom. The van der Waals surface area contributed by atoms with E-state index in [0.717, 1.165) is 11.1 Å². The second-order valence-electron chi connectivity index (χ2n) is 3.27. The molecule has 0 saturated heterocycles. The van der Waals surface area contributed by atoms with Gasteiger partial charge in [0.1, 0.15) is 5.82 Å². The van der Waals surface area contributed by atoms with E-state index in [9.17, 15) is 9.18 Å². The summed E-state index contributed by atoms with van der Waals surface area (Å²) in [7, 11) is 0. The van der Waals surface area contributed by atoms with Crippen LogP contribution in [0.3, 0.4) is 0 Å². The molecule has 1 aliphatic rings. The normalized spacial score (nSPS) is 15.1. The summed E-state index contributed by atoms with van der Waals surface area (Å²) >= 11 is 0. The fraction of sp³-hybridized carbons (Fsp3) is 0.300. The number of nitrogens with one attached hydrogen (secondary N) is 1. The molecule has 0 spiro atoms. The van der Waals surface area contributed by atoms with E-state index < -0.39 is 0 Å². The summed E-state index contributed by atoms with van der Waals surface area (Å²) < 4.78 is 13.2. The minimum absolute atomic E-state index is 0.1000. The fourth-order valence-corrected chi connectivity index (χ4v) is 1.62. The number of carbonyl (C=O) groups is 1. The van der Waals surface area contributed by atoms with E-state index in [4.69, 9.17) is 0 Å². The Morgan fingerprint density at radius 3 is 2.92 bits per heavy atom. The number of hydrogen-bond acceptors (Lipinski definition) is 1. The zero-order valence-corrected chi connectivity index (χ0v) is 7.36. The van der Waals surface area contributed by atoms with Gasteiger partial charge in [0, 0.05) is 6.42 Å². The van der Waals surface area contributed by atoms with Crippen molar-refractivity contribution >= 4 is 11.6 Å². The Morgan fingerprint density at radius 2 is 2.15 bits per heavy atom. The summed E-state index contributed by atoms with van der Waals surface area (Å²) in [6.45, 7) is 1.93. The zero-order chi connectivity index (χ0) is 9.42. The third-order valence-electron chi connectivity index (χ3n) is 2.36. The lowest BCUT2D eigenvalue weighted by Gasteiger charge is -2.18. The molecule has 3 heteroatoms. The Hall–Kier alpha value is -1.38. The maximum Gasteiger partial charge on any atom is 0.224 e. The molecule has 0 fully saturated rings. The van der Waals surface area contributed by atoms with E-state index in [1.54, 1.807) is 6.07 Å². The van der Waals surface area contributed by atoms with Crippen molar-refractivity contribution in [3.05, 3.63) is 29.1 Å². The van der Waals surface area contributed by atoms with Crippen molar-refractivity contribution in [2.75, 3.05) is 5.32 Å². The SMILES string of the molecule is Cc1ccc(F)c2c1CCC(=O)N2. The highest BCUT2D eigenvalue weighted by atomic mass is 19.1. The van der Waals surface area contributed by atoms with Gasteiger partial charge >= 0.3 is 0 Å². The molecule has 1 N–H and O–H groups in total. The first kappa shape index (κ1) is 8.23. The number of amides is 1. The van der Waals surface area contributed by atoms with Crippen molar-refractivity contribution in [2.45, 2.75) is 19.8 Å². The highest BCUT2D eigenvalue weighted by Crippen LogP contribution is 2.28. The van der Waals surface area contributed by atoms with E-state index in [-0.39, 0.29) is 11.7 Å². The third-order valence-corrected chi connectivity index (χ3v) is 2.36. The van der Waals surface area contributed by atoms with Crippen LogP contribution < -0.4 is 5.32 Å². The van der Waals surface area contributed by atoms with Gasteiger partial charge in [0.05, 0.1) is 5.69 Å². The summed E-state index contributed by atoms with van der Waals surface area (Å²) in [5.41, 5.74) is 2.34. The molecule has 0 atom stereocenters. The molecular formula is C10H10FNO. The fourth-order valence-electron chi connectivity index (χ4n) is 1.62. The van der Waals surface area contributed by atoms with E-state index in [2.05, 4.69) is 5.32 Å². The molecule has 0 bridgehead atoms. The summed E-state index contributed by atoms with van der Waals surface area (Å²) in [5.74, 6) is -0.439. The molecule has 0 aromatic heterocycles. The molecule has 1 amide bonds. The monoisotopic (exact) mass is 179 g/mol. The second kappa shape index (κ2) is 2.83. The van der Waals surface area contributed by atoms with Crippen molar-refractivity contribution in [2.24, 2.45) is 0 Å². The van der Waals surface area contributed by atoms with Crippen molar-refractivity contribution in [3.8, 4) is 0 Å². The van der Waals surface area contributed by atoms with Crippen LogP contribution in [0.2, 0.25) is 0 Å². The molecule has 0 saturated carbocycles. The molecular weight excluding hydrogens is 169 g/mol. The van der Waals surface area contributed by atoms with E-state index in [0.29, 0.717) is 18.5 Å². The highest BCUT2D eigenvalue weighted by Gasteiger charge is 2.19. The van der Waals surface area contributed by atoms with Crippen LogP contribution in [-0.2, 0) is 11.2 Å². The van der Waals surface area contributed by atoms with E-state index in [1.165, 1.54) is 6.07 Å². The predicted molar refractivity (Wildman–Crippen MR) is 48.1 cm³/mol. The Labute approximate surface area is 75.8 Å². The van der Waals surface area contributed by atoms with Gasteiger partial charge in [0.2, 0.25) is 5.91 Å². The molecule has 1 aromatic carbocycles. The maximum atomic E-state index is 13.2. The van der Waals surface area contributed by atoms with Crippen LogP contribution in [0.1, 0.15) is 17.5 Å². The number of anilines is 1. The largest absolute Gasteiger partial charge is 0.323 e.